The Balaban J connectivity index is 2.83. The standard InChI is InChI=1S/C15H18BrNO5/c1-9(14(19)21-2)7-12(15(20)22-3)17-13(18)10-5-4-6-11(16)8-10/h4-6,8-9,12H,7H2,1-3H3,(H,17,18)/t9-,12+/m1/s1. The number of halogens is 1. The average Bonchev–Trinajstić information content (AvgIpc) is 2.52. The highest BCUT2D eigenvalue weighted by Gasteiger charge is 2.27. The molecule has 6 nitrogen and oxygen atoms in total. The van der Waals surface area contributed by atoms with Gasteiger partial charge in [-0.1, -0.05) is 28.9 Å². The second kappa shape index (κ2) is 8.53. The van der Waals surface area contributed by atoms with Crippen molar-refractivity contribution in [1.82, 2.24) is 5.32 Å². The number of benzene rings is 1. The quantitative estimate of drug-likeness (QED) is 0.772. The molecular formula is C15H18BrNO5. The molecule has 0 unspecified atom stereocenters. The molecule has 1 aromatic carbocycles. The fraction of sp³-hybridized carbons (Fsp3) is 0.400. The van der Waals surface area contributed by atoms with Gasteiger partial charge in [0, 0.05) is 10.0 Å². The van der Waals surface area contributed by atoms with Gasteiger partial charge in [-0.3, -0.25) is 9.59 Å². The maximum atomic E-state index is 12.2. The zero-order valence-electron chi connectivity index (χ0n) is 12.6. The van der Waals surface area contributed by atoms with Gasteiger partial charge in [0.05, 0.1) is 20.1 Å². The van der Waals surface area contributed by atoms with Crippen molar-refractivity contribution in [3.63, 3.8) is 0 Å². The van der Waals surface area contributed by atoms with E-state index < -0.39 is 29.8 Å². The molecule has 1 rings (SSSR count). The minimum atomic E-state index is -0.925. The van der Waals surface area contributed by atoms with Gasteiger partial charge in [0.15, 0.2) is 0 Å². The molecule has 120 valence electrons. The third kappa shape index (κ3) is 5.14. The Morgan fingerprint density at radius 2 is 1.82 bits per heavy atom. The molecule has 0 aliphatic rings. The van der Waals surface area contributed by atoms with Crippen molar-refractivity contribution in [1.29, 1.82) is 0 Å². The van der Waals surface area contributed by atoms with Crippen molar-refractivity contribution >= 4 is 33.8 Å². The van der Waals surface area contributed by atoms with Crippen molar-refractivity contribution in [2.45, 2.75) is 19.4 Å². The molecule has 7 heteroatoms. The van der Waals surface area contributed by atoms with Crippen molar-refractivity contribution < 1.29 is 23.9 Å². The first kappa shape index (κ1) is 18.2. The molecule has 0 saturated heterocycles. The van der Waals surface area contributed by atoms with Crippen LogP contribution in [0.4, 0.5) is 0 Å². The number of methoxy groups -OCH3 is 2. The molecule has 0 bridgehead atoms. The normalized spacial score (nSPS) is 12.9. The van der Waals surface area contributed by atoms with Gasteiger partial charge in [-0.2, -0.15) is 0 Å². The summed E-state index contributed by atoms with van der Waals surface area (Å²) in [5.74, 6) is -2.03. The number of carbonyl (C=O) groups excluding carboxylic acids is 3. The van der Waals surface area contributed by atoms with Crippen LogP contribution in [0.2, 0.25) is 0 Å². The van der Waals surface area contributed by atoms with Crippen LogP contribution in [0, 0.1) is 5.92 Å². The van der Waals surface area contributed by atoms with E-state index in [1.165, 1.54) is 14.2 Å². The second-order valence-electron chi connectivity index (χ2n) is 4.72. The fourth-order valence-corrected chi connectivity index (χ4v) is 2.28. The van der Waals surface area contributed by atoms with E-state index in [1.54, 1.807) is 31.2 Å². The summed E-state index contributed by atoms with van der Waals surface area (Å²) in [7, 11) is 2.50. The van der Waals surface area contributed by atoms with E-state index in [-0.39, 0.29) is 6.42 Å². The summed E-state index contributed by atoms with van der Waals surface area (Å²) < 4.78 is 10.0. The number of amides is 1. The van der Waals surface area contributed by atoms with Crippen molar-refractivity contribution in [3.05, 3.63) is 34.3 Å². The molecule has 0 saturated carbocycles. The average molecular weight is 372 g/mol. The first-order chi connectivity index (χ1) is 10.4. The van der Waals surface area contributed by atoms with E-state index in [9.17, 15) is 14.4 Å². The van der Waals surface area contributed by atoms with Gasteiger partial charge in [0.25, 0.3) is 5.91 Å². The number of carbonyl (C=O) groups is 3. The first-order valence-electron chi connectivity index (χ1n) is 6.61. The van der Waals surface area contributed by atoms with Gasteiger partial charge in [-0.05, 0) is 24.6 Å². The molecule has 0 aliphatic heterocycles. The summed E-state index contributed by atoms with van der Waals surface area (Å²) >= 11 is 3.28. The summed E-state index contributed by atoms with van der Waals surface area (Å²) in [5.41, 5.74) is 0.397. The second-order valence-corrected chi connectivity index (χ2v) is 5.64. The van der Waals surface area contributed by atoms with E-state index in [1.807, 2.05) is 0 Å². The molecule has 0 spiro atoms. The lowest BCUT2D eigenvalue weighted by Crippen LogP contribution is -2.43. The van der Waals surface area contributed by atoms with Crippen LogP contribution in [0.25, 0.3) is 0 Å². The van der Waals surface area contributed by atoms with Crippen LogP contribution >= 0.6 is 15.9 Å². The first-order valence-corrected chi connectivity index (χ1v) is 7.40. The van der Waals surface area contributed by atoms with Gasteiger partial charge in [-0.25, -0.2) is 4.79 Å². The lowest BCUT2D eigenvalue weighted by molar-refractivity contribution is -0.147. The molecule has 0 radical (unpaired) electrons. The van der Waals surface area contributed by atoms with Crippen LogP contribution in [0.3, 0.4) is 0 Å². The van der Waals surface area contributed by atoms with Crippen molar-refractivity contribution in [2.75, 3.05) is 14.2 Å². The number of rotatable bonds is 6. The lowest BCUT2D eigenvalue weighted by atomic mass is 10.0. The van der Waals surface area contributed by atoms with Crippen molar-refractivity contribution in [3.8, 4) is 0 Å². The van der Waals surface area contributed by atoms with E-state index >= 15 is 0 Å². The van der Waals surface area contributed by atoms with Gasteiger partial charge in [-0.15, -0.1) is 0 Å². The Bertz CT molecular complexity index is 561. The van der Waals surface area contributed by atoms with Gasteiger partial charge in [0.1, 0.15) is 6.04 Å². The fourth-order valence-electron chi connectivity index (χ4n) is 1.88. The molecule has 2 atom stereocenters. The largest absolute Gasteiger partial charge is 0.469 e. The number of hydrogen-bond acceptors (Lipinski definition) is 5. The minimum absolute atomic E-state index is 0.0963. The van der Waals surface area contributed by atoms with Gasteiger partial charge in [0.2, 0.25) is 0 Å². The Morgan fingerprint density at radius 3 is 2.36 bits per heavy atom. The predicted octanol–water partition coefficient (Wildman–Crippen LogP) is 1.92. The molecule has 0 aromatic heterocycles. The zero-order chi connectivity index (χ0) is 16.7. The third-order valence-corrected chi connectivity index (χ3v) is 3.56. The predicted molar refractivity (Wildman–Crippen MR) is 83.2 cm³/mol. The maximum absolute atomic E-state index is 12.2. The SMILES string of the molecule is COC(=O)[C@H](C)C[C@H](NC(=O)c1cccc(Br)c1)C(=O)OC. The van der Waals surface area contributed by atoms with Crippen LogP contribution < -0.4 is 5.32 Å². The smallest absolute Gasteiger partial charge is 0.328 e. The summed E-state index contributed by atoms with van der Waals surface area (Å²) in [6.07, 6.45) is 0.0963. The third-order valence-electron chi connectivity index (χ3n) is 3.07. The van der Waals surface area contributed by atoms with Gasteiger partial charge >= 0.3 is 11.9 Å². The van der Waals surface area contributed by atoms with Crippen LogP contribution in [0.1, 0.15) is 23.7 Å². The Labute approximate surface area is 137 Å². The van der Waals surface area contributed by atoms with E-state index in [0.717, 1.165) is 4.47 Å². The Hall–Kier alpha value is -1.89. The summed E-state index contributed by atoms with van der Waals surface area (Å²) in [6, 6.07) is 5.83. The minimum Gasteiger partial charge on any atom is -0.469 e. The molecule has 0 fully saturated rings. The summed E-state index contributed by atoms with van der Waals surface area (Å²) in [4.78, 5) is 35.5. The molecule has 0 heterocycles. The van der Waals surface area contributed by atoms with Crippen LogP contribution in [-0.4, -0.2) is 38.1 Å². The van der Waals surface area contributed by atoms with Crippen molar-refractivity contribution in [2.24, 2.45) is 5.92 Å². The molecule has 22 heavy (non-hydrogen) atoms. The number of hydrogen-bond donors (Lipinski definition) is 1. The molecule has 1 aromatic rings. The summed E-state index contributed by atoms with van der Waals surface area (Å²) in [6.45, 7) is 1.62. The van der Waals surface area contributed by atoms with E-state index in [0.29, 0.717) is 5.56 Å². The molecule has 1 N–H and O–H groups in total. The highest BCUT2D eigenvalue weighted by molar-refractivity contribution is 9.10. The van der Waals surface area contributed by atoms with Crippen LogP contribution in [0.15, 0.2) is 28.7 Å². The monoisotopic (exact) mass is 371 g/mol. The van der Waals surface area contributed by atoms with E-state index in [4.69, 9.17) is 0 Å². The number of esters is 2. The van der Waals surface area contributed by atoms with Crippen LogP contribution in [0.5, 0.6) is 0 Å². The van der Waals surface area contributed by atoms with Crippen LogP contribution in [-0.2, 0) is 19.1 Å². The Kier molecular flexibility index (Phi) is 7.04. The van der Waals surface area contributed by atoms with E-state index in [2.05, 4.69) is 30.7 Å². The lowest BCUT2D eigenvalue weighted by Gasteiger charge is -2.19. The number of nitrogens with one attached hydrogen (secondary N) is 1. The van der Waals surface area contributed by atoms with Gasteiger partial charge < -0.3 is 14.8 Å². The zero-order valence-corrected chi connectivity index (χ0v) is 14.2. The molecule has 1 amide bonds. The summed E-state index contributed by atoms with van der Waals surface area (Å²) in [5, 5.41) is 2.58. The Morgan fingerprint density at radius 1 is 1.18 bits per heavy atom. The highest BCUT2D eigenvalue weighted by atomic mass is 79.9. The maximum Gasteiger partial charge on any atom is 0.328 e. The molecular weight excluding hydrogens is 354 g/mol. The topological polar surface area (TPSA) is 81.7 Å². The number of ether oxygens (including phenoxy) is 2. The highest BCUT2D eigenvalue weighted by Crippen LogP contribution is 2.13. The molecule has 0 aliphatic carbocycles.